The maximum absolute atomic E-state index is 10.8. The Labute approximate surface area is 108 Å². The van der Waals surface area contributed by atoms with E-state index in [1.54, 1.807) is 19.2 Å². The minimum absolute atomic E-state index is 0.334. The summed E-state index contributed by atoms with van der Waals surface area (Å²) in [5.41, 5.74) is 0.729. The molecule has 1 N–H and O–H groups in total. The summed E-state index contributed by atoms with van der Waals surface area (Å²) in [7, 11) is 0. The summed E-state index contributed by atoms with van der Waals surface area (Å²) in [5, 5.41) is 12.7. The summed E-state index contributed by atoms with van der Waals surface area (Å²) in [6.45, 7) is 2.64. The van der Waals surface area contributed by atoms with Crippen LogP contribution in [-0.4, -0.2) is 39.3 Å². The molecular weight excluding hydrogens is 248 g/mol. The van der Waals surface area contributed by atoms with Crippen LogP contribution in [0.4, 0.5) is 5.82 Å². The zero-order valence-electron chi connectivity index (χ0n) is 10.3. The molecule has 0 unspecified atom stereocenters. The molecular formula is C12H12N4O3. The van der Waals surface area contributed by atoms with Gasteiger partial charge in [-0.3, -0.25) is 4.79 Å². The minimum Gasteiger partial charge on any atom is -0.481 e. The number of rotatable bonds is 3. The van der Waals surface area contributed by atoms with Gasteiger partial charge in [-0.1, -0.05) is 5.16 Å². The van der Waals surface area contributed by atoms with Crippen molar-refractivity contribution in [3.63, 3.8) is 0 Å². The lowest BCUT2D eigenvalue weighted by atomic mass is 10.00. The first kappa shape index (κ1) is 11.6. The summed E-state index contributed by atoms with van der Waals surface area (Å²) < 4.78 is 5.14. The van der Waals surface area contributed by atoms with Gasteiger partial charge in [0.1, 0.15) is 5.82 Å². The van der Waals surface area contributed by atoms with Gasteiger partial charge in [0.15, 0.2) is 5.82 Å². The molecule has 0 bridgehead atoms. The molecule has 0 spiro atoms. The fourth-order valence-corrected chi connectivity index (χ4v) is 2.03. The first-order valence-electron chi connectivity index (χ1n) is 5.88. The van der Waals surface area contributed by atoms with Crippen molar-refractivity contribution in [3.8, 4) is 11.5 Å². The average Bonchev–Trinajstić information content (AvgIpc) is 2.74. The monoisotopic (exact) mass is 260 g/mol. The quantitative estimate of drug-likeness (QED) is 0.878. The molecule has 1 fully saturated rings. The Bertz CT molecular complexity index is 619. The maximum atomic E-state index is 10.8. The van der Waals surface area contributed by atoms with Crippen molar-refractivity contribution in [2.75, 3.05) is 18.0 Å². The van der Waals surface area contributed by atoms with Gasteiger partial charge >= 0.3 is 5.97 Å². The Hall–Kier alpha value is -2.44. The molecule has 3 heterocycles. The summed E-state index contributed by atoms with van der Waals surface area (Å²) in [4.78, 5) is 21.2. The van der Waals surface area contributed by atoms with Crippen LogP contribution in [0.3, 0.4) is 0 Å². The second-order valence-corrected chi connectivity index (χ2v) is 4.46. The van der Waals surface area contributed by atoms with Crippen LogP contribution in [-0.2, 0) is 4.79 Å². The van der Waals surface area contributed by atoms with Crippen molar-refractivity contribution in [1.29, 1.82) is 0 Å². The van der Waals surface area contributed by atoms with Crippen molar-refractivity contribution in [1.82, 2.24) is 15.1 Å². The molecule has 7 nitrogen and oxygen atoms in total. The van der Waals surface area contributed by atoms with Gasteiger partial charge in [0, 0.05) is 19.3 Å². The predicted octanol–water partition coefficient (Wildman–Crippen LogP) is 0.961. The number of aromatic nitrogens is 3. The highest BCUT2D eigenvalue weighted by atomic mass is 16.5. The van der Waals surface area contributed by atoms with Crippen molar-refractivity contribution >= 4 is 11.8 Å². The Balaban J connectivity index is 1.89. The molecule has 0 amide bonds. The van der Waals surface area contributed by atoms with E-state index >= 15 is 0 Å². The van der Waals surface area contributed by atoms with Crippen molar-refractivity contribution in [2.45, 2.75) is 6.92 Å². The standard InChI is InChI=1S/C12H12N4O3/c1-7-14-11(19-15-7)9-3-2-4-13-10(9)16-5-8(6-16)12(17)18/h2-4,8H,5-6H2,1H3,(H,17,18). The number of hydrogen-bond donors (Lipinski definition) is 1. The first-order chi connectivity index (χ1) is 9.15. The van der Waals surface area contributed by atoms with E-state index < -0.39 is 5.97 Å². The van der Waals surface area contributed by atoms with E-state index in [0.29, 0.717) is 30.6 Å². The highest BCUT2D eigenvalue weighted by Gasteiger charge is 2.35. The van der Waals surface area contributed by atoms with Gasteiger partial charge < -0.3 is 14.5 Å². The Morgan fingerprint density at radius 3 is 2.95 bits per heavy atom. The van der Waals surface area contributed by atoms with Gasteiger partial charge in [-0.05, 0) is 19.1 Å². The molecule has 0 aliphatic carbocycles. The number of hydrogen-bond acceptors (Lipinski definition) is 6. The van der Waals surface area contributed by atoms with E-state index in [9.17, 15) is 4.79 Å². The van der Waals surface area contributed by atoms with Crippen LogP contribution >= 0.6 is 0 Å². The third kappa shape index (κ3) is 2.03. The van der Waals surface area contributed by atoms with E-state index in [2.05, 4.69) is 15.1 Å². The number of aliphatic carboxylic acids is 1. The normalized spacial score (nSPS) is 15.3. The van der Waals surface area contributed by atoms with Crippen LogP contribution in [0.2, 0.25) is 0 Å². The number of aryl methyl sites for hydroxylation is 1. The lowest BCUT2D eigenvalue weighted by Gasteiger charge is -2.38. The number of carboxylic acids is 1. The van der Waals surface area contributed by atoms with E-state index in [-0.39, 0.29) is 5.92 Å². The Morgan fingerprint density at radius 2 is 2.32 bits per heavy atom. The van der Waals surface area contributed by atoms with Crippen LogP contribution in [0.1, 0.15) is 5.82 Å². The minimum atomic E-state index is -0.776. The summed E-state index contributed by atoms with van der Waals surface area (Å²) in [6, 6.07) is 3.62. The molecule has 19 heavy (non-hydrogen) atoms. The lowest BCUT2D eigenvalue weighted by Crippen LogP contribution is -2.51. The second-order valence-electron chi connectivity index (χ2n) is 4.46. The topological polar surface area (TPSA) is 92.4 Å². The SMILES string of the molecule is Cc1noc(-c2cccnc2N2CC(C(=O)O)C2)n1. The highest BCUT2D eigenvalue weighted by molar-refractivity contribution is 5.77. The molecule has 0 radical (unpaired) electrons. The zero-order valence-corrected chi connectivity index (χ0v) is 10.3. The van der Waals surface area contributed by atoms with Crippen molar-refractivity contribution < 1.29 is 14.4 Å². The zero-order chi connectivity index (χ0) is 13.4. The van der Waals surface area contributed by atoms with Gasteiger partial charge in [-0.25, -0.2) is 4.98 Å². The van der Waals surface area contributed by atoms with Crippen LogP contribution < -0.4 is 4.90 Å². The third-order valence-corrected chi connectivity index (χ3v) is 3.07. The van der Waals surface area contributed by atoms with Crippen LogP contribution in [0.25, 0.3) is 11.5 Å². The highest BCUT2D eigenvalue weighted by Crippen LogP contribution is 2.31. The predicted molar refractivity (Wildman–Crippen MR) is 65.6 cm³/mol. The summed E-state index contributed by atoms with van der Waals surface area (Å²) >= 11 is 0. The van der Waals surface area contributed by atoms with Gasteiger partial charge in [0.25, 0.3) is 5.89 Å². The van der Waals surface area contributed by atoms with Gasteiger partial charge in [-0.2, -0.15) is 4.98 Å². The Kier molecular flexibility index (Phi) is 2.66. The fraction of sp³-hybridized carbons (Fsp3) is 0.333. The van der Waals surface area contributed by atoms with Crippen LogP contribution in [0.15, 0.2) is 22.9 Å². The lowest BCUT2D eigenvalue weighted by molar-refractivity contribution is -0.142. The number of carbonyl (C=O) groups is 1. The number of carboxylic acid groups (broad SMARTS) is 1. The molecule has 1 saturated heterocycles. The number of anilines is 1. The molecule has 1 aliphatic rings. The molecule has 7 heteroatoms. The largest absolute Gasteiger partial charge is 0.481 e. The fourth-order valence-electron chi connectivity index (χ4n) is 2.03. The maximum Gasteiger partial charge on any atom is 0.310 e. The van der Waals surface area contributed by atoms with Crippen molar-refractivity contribution in [2.24, 2.45) is 5.92 Å². The molecule has 2 aromatic rings. The summed E-state index contributed by atoms with van der Waals surface area (Å²) in [6.07, 6.45) is 1.66. The van der Waals surface area contributed by atoms with Gasteiger partial charge in [0.05, 0.1) is 11.5 Å². The number of nitrogens with zero attached hydrogens (tertiary/aromatic N) is 4. The summed E-state index contributed by atoms with van der Waals surface area (Å²) in [5.74, 6) is 0.529. The smallest absolute Gasteiger partial charge is 0.310 e. The molecule has 2 aromatic heterocycles. The van der Waals surface area contributed by atoms with E-state index in [1.807, 2.05) is 11.0 Å². The Morgan fingerprint density at radius 1 is 1.53 bits per heavy atom. The van der Waals surface area contributed by atoms with Gasteiger partial charge in [0.2, 0.25) is 0 Å². The van der Waals surface area contributed by atoms with Crippen LogP contribution in [0.5, 0.6) is 0 Å². The third-order valence-electron chi connectivity index (χ3n) is 3.07. The molecule has 3 rings (SSSR count). The molecule has 98 valence electrons. The molecule has 0 aromatic carbocycles. The van der Waals surface area contributed by atoms with E-state index in [4.69, 9.17) is 9.63 Å². The number of pyridine rings is 1. The molecule has 0 atom stereocenters. The van der Waals surface area contributed by atoms with Crippen molar-refractivity contribution in [3.05, 3.63) is 24.2 Å². The van der Waals surface area contributed by atoms with E-state index in [0.717, 1.165) is 5.56 Å². The van der Waals surface area contributed by atoms with Gasteiger partial charge in [-0.15, -0.1) is 0 Å². The second kappa shape index (κ2) is 4.34. The average molecular weight is 260 g/mol. The molecule has 1 aliphatic heterocycles. The van der Waals surface area contributed by atoms with E-state index in [1.165, 1.54) is 0 Å². The van der Waals surface area contributed by atoms with Crippen LogP contribution in [0, 0.1) is 12.8 Å². The first-order valence-corrected chi connectivity index (χ1v) is 5.88. The molecule has 0 saturated carbocycles.